The van der Waals surface area contributed by atoms with Crippen molar-refractivity contribution in [2.24, 2.45) is 0 Å². The van der Waals surface area contributed by atoms with Crippen LogP contribution in [0.5, 0.6) is 0 Å². The van der Waals surface area contributed by atoms with E-state index in [4.69, 9.17) is 0 Å². The molecule has 2 heteroatoms. The topological polar surface area (TPSA) is 15.3 Å². The molecule has 0 bridgehead atoms. The third-order valence-electron chi connectivity index (χ3n) is 3.13. The Morgan fingerprint density at radius 2 is 2.20 bits per heavy atom. The lowest BCUT2D eigenvalue weighted by molar-refractivity contribution is 0.256. The van der Waals surface area contributed by atoms with Crippen LogP contribution in [0, 0.1) is 6.92 Å². The van der Waals surface area contributed by atoms with Crippen LogP contribution >= 0.6 is 0 Å². The second-order valence-corrected chi connectivity index (χ2v) is 4.40. The number of hydrogen-bond acceptors (Lipinski definition) is 2. The first-order chi connectivity index (χ1) is 7.29. The average Bonchev–Trinajstić information content (AvgIpc) is 2.26. The minimum Gasteiger partial charge on any atom is -0.318 e. The lowest BCUT2D eigenvalue weighted by Crippen LogP contribution is -2.35. The molecule has 1 heterocycles. The van der Waals surface area contributed by atoms with Crippen LogP contribution < -0.4 is 5.32 Å². The predicted molar refractivity (Wildman–Crippen MR) is 64.1 cm³/mol. The molecule has 0 aliphatic carbocycles. The SMILES string of the molecule is CNCCN1CCc2cc(C)ccc2C1. The summed E-state index contributed by atoms with van der Waals surface area (Å²) in [7, 11) is 2.02. The molecular formula is C13H20N2. The molecule has 1 N–H and O–H groups in total. The molecule has 0 radical (unpaired) electrons. The van der Waals surface area contributed by atoms with Gasteiger partial charge in [-0.25, -0.2) is 0 Å². The third kappa shape index (κ3) is 2.58. The largest absolute Gasteiger partial charge is 0.318 e. The molecule has 0 fully saturated rings. The zero-order valence-corrected chi connectivity index (χ0v) is 9.71. The van der Waals surface area contributed by atoms with Gasteiger partial charge in [-0.3, -0.25) is 4.90 Å². The fourth-order valence-corrected chi connectivity index (χ4v) is 2.20. The van der Waals surface area contributed by atoms with E-state index in [1.165, 1.54) is 24.1 Å². The van der Waals surface area contributed by atoms with Crippen molar-refractivity contribution in [2.45, 2.75) is 19.9 Å². The maximum Gasteiger partial charge on any atom is 0.0237 e. The van der Waals surface area contributed by atoms with Gasteiger partial charge in [0.25, 0.3) is 0 Å². The standard InChI is InChI=1S/C13H20N2/c1-11-3-4-13-10-15(8-6-14-2)7-5-12(13)9-11/h3-4,9,14H,5-8,10H2,1-2H3. The van der Waals surface area contributed by atoms with Crippen molar-refractivity contribution in [2.75, 3.05) is 26.7 Å². The normalized spacial score (nSPS) is 16.4. The Balaban J connectivity index is 2.03. The summed E-state index contributed by atoms with van der Waals surface area (Å²) < 4.78 is 0. The predicted octanol–water partition coefficient (Wildman–Crippen LogP) is 1.57. The van der Waals surface area contributed by atoms with Crippen LogP contribution in [0.15, 0.2) is 18.2 Å². The molecule has 2 nitrogen and oxygen atoms in total. The minimum absolute atomic E-state index is 1.08. The van der Waals surface area contributed by atoms with E-state index in [0.29, 0.717) is 0 Å². The molecule has 1 aliphatic heterocycles. The molecule has 82 valence electrons. The Morgan fingerprint density at radius 3 is 3.00 bits per heavy atom. The maximum absolute atomic E-state index is 3.21. The second kappa shape index (κ2) is 4.77. The molecule has 1 aromatic carbocycles. The summed E-state index contributed by atoms with van der Waals surface area (Å²) in [5.41, 5.74) is 4.45. The van der Waals surface area contributed by atoms with Gasteiger partial charge < -0.3 is 5.32 Å². The summed E-state index contributed by atoms with van der Waals surface area (Å²) in [4.78, 5) is 2.52. The molecule has 15 heavy (non-hydrogen) atoms. The molecule has 0 saturated heterocycles. The number of nitrogens with one attached hydrogen (secondary N) is 1. The Hall–Kier alpha value is -0.860. The molecule has 0 amide bonds. The van der Waals surface area contributed by atoms with E-state index in [0.717, 1.165) is 19.6 Å². The van der Waals surface area contributed by atoms with Crippen molar-refractivity contribution < 1.29 is 0 Å². The van der Waals surface area contributed by atoms with Gasteiger partial charge in [0, 0.05) is 26.2 Å². The number of fused-ring (bicyclic) bond motifs is 1. The molecule has 0 unspecified atom stereocenters. The van der Waals surface area contributed by atoms with Gasteiger partial charge in [-0.1, -0.05) is 23.8 Å². The zero-order chi connectivity index (χ0) is 10.7. The highest BCUT2D eigenvalue weighted by Crippen LogP contribution is 2.19. The van der Waals surface area contributed by atoms with E-state index in [1.54, 1.807) is 5.56 Å². The van der Waals surface area contributed by atoms with E-state index in [-0.39, 0.29) is 0 Å². The highest BCUT2D eigenvalue weighted by atomic mass is 15.1. The summed E-state index contributed by atoms with van der Waals surface area (Å²) in [6.45, 7) is 6.74. The minimum atomic E-state index is 1.08. The lowest BCUT2D eigenvalue weighted by atomic mass is 9.98. The highest BCUT2D eigenvalue weighted by molar-refractivity contribution is 5.33. The molecule has 0 aromatic heterocycles. The number of likely N-dealkylation sites (N-methyl/N-ethyl adjacent to an activating group) is 1. The highest BCUT2D eigenvalue weighted by Gasteiger charge is 2.14. The van der Waals surface area contributed by atoms with E-state index in [1.807, 2.05) is 7.05 Å². The first kappa shape index (κ1) is 10.7. The van der Waals surface area contributed by atoms with Gasteiger partial charge in [-0.15, -0.1) is 0 Å². The van der Waals surface area contributed by atoms with Crippen LogP contribution in [0.4, 0.5) is 0 Å². The Bertz CT molecular complexity index is 333. The van der Waals surface area contributed by atoms with Crippen LogP contribution in [0.25, 0.3) is 0 Å². The van der Waals surface area contributed by atoms with Crippen LogP contribution in [0.3, 0.4) is 0 Å². The van der Waals surface area contributed by atoms with Crippen LogP contribution in [0.1, 0.15) is 16.7 Å². The molecule has 0 atom stereocenters. The van der Waals surface area contributed by atoms with Crippen molar-refractivity contribution >= 4 is 0 Å². The number of nitrogens with zero attached hydrogens (tertiary/aromatic N) is 1. The zero-order valence-electron chi connectivity index (χ0n) is 9.71. The maximum atomic E-state index is 3.21. The van der Waals surface area contributed by atoms with Crippen LogP contribution in [-0.2, 0) is 13.0 Å². The molecule has 1 aliphatic rings. The quantitative estimate of drug-likeness (QED) is 0.804. The number of aryl methyl sites for hydroxylation is 1. The monoisotopic (exact) mass is 204 g/mol. The average molecular weight is 204 g/mol. The number of benzene rings is 1. The smallest absolute Gasteiger partial charge is 0.0237 e. The van der Waals surface area contributed by atoms with E-state index >= 15 is 0 Å². The molecular weight excluding hydrogens is 184 g/mol. The first-order valence-corrected chi connectivity index (χ1v) is 5.75. The molecule has 0 spiro atoms. The second-order valence-electron chi connectivity index (χ2n) is 4.40. The lowest BCUT2D eigenvalue weighted by Gasteiger charge is -2.28. The van der Waals surface area contributed by atoms with E-state index in [9.17, 15) is 0 Å². The van der Waals surface area contributed by atoms with Crippen molar-refractivity contribution in [3.63, 3.8) is 0 Å². The number of rotatable bonds is 3. The Morgan fingerprint density at radius 1 is 1.33 bits per heavy atom. The van der Waals surface area contributed by atoms with Gasteiger partial charge in [0.15, 0.2) is 0 Å². The van der Waals surface area contributed by atoms with Gasteiger partial charge >= 0.3 is 0 Å². The van der Waals surface area contributed by atoms with Crippen molar-refractivity contribution in [3.8, 4) is 0 Å². The fourth-order valence-electron chi connectivity index (χ4n) is 2.20. The first-order valence-electron chi connectivity index (χ1n) is 5.75. The molecule has 2 rings (SSSR count). The van der Waals surface area contributed by atoms with Gasteiger partial charge in [0.05, 0.1) is 0 Å². The van der Waals surface area contributed by atoms with Crippen LogP contribution in [-0.4, -0.2) is 31.6 Å². The van der Waals surface area contributed by atoms with Crippen molar-refractivity contribution in [3.05, 3.63) is 34.9 Å². The number of hydrogen-bond donors (Lipinski definition) is 1. The third-order valence-corrected chi connectivity index (χ3v) is 3.13. The van der Waals surface area contributed by atoms with Gasteiger partial charge in [-0.2, -0.15) is 0 Å². The summed E-state index contributed by atoms with van der Waals surface area (Å²) in [5.74, 6) is 0. The summed E-state index contributed by atoms with van der Waals surface area (Å²) in [5, 5.41) is 3.21. The van der Waals surface area contributed by atoms with E-state index in [2.05, 4.69) is 35.3 Å². The summed E-state index contributed by atoms with van der Waals surface area (Å²) >= 11 is 0. The van der Waals surface area contributed by atoms with Crippen molar-refractivity contribution in [1.82, 2.24) is 10.2 Å². The Kier molecular flexibility index (Phi) is 3.39. The van der Waals surface area contributed by atoms with Gasteiger partial charge in [0.2, 0.25) is 0 Å². The van der Waals surface area contributed by atoms with Gasteiger partial charge in [0.1, 0.15) is 0 Å². The van der Waals surface area contributed by atoms with E-state index < -0.39 is 0 Å². The van der Waals surface area contributed by atoms with Crippen molar-refractivity contribution in [1.29, 1.82) is 0 Å². The Labute approximate surface area is 92.3 Å². The van der Waals surface area contributed by atoms with Crippen LogP contribution in [0.2, 0.25) is 0 Å². The summed E-state index contributed by atoms with van der Waals surface area (Å²) in [6.07, 6.45) is 1.21. The van der Waals surface area contributed by atoms with Gasteiger partial charge in [-0.05, 0) is 31.5 Å². The molecule has 1 aromatic rings. The summed E-state index contributed by atoms with van der Waals surface area (Å²) in [6, 6.07) is 6.85. The molecule has 0 saturated carbocycles. The fraction of sp³-hybridized carbons (Fsp3) is 0.538.